The van der Waals surface area contributed by atoms with Crippen LogP contribution < -0.4 is 11.1 Å². The van der Waals surface area contributed by atoms with E-state index >= 15 is 0 Å². The van der Waals surface area contributed by atoms with Crippen LogP contribution >= 0.6 is 0 Å². The van der Waals surface area contributed by atoms with Crippen molar-refractivity contribution in [2.45, 2.75) is 39.7 Å². The molecule has 3 heteroatoms. The van der Waals surface area contributed by atoms with E-state index in [4.69, 9.17) is 5.73 Å². The maximum Gasteiger partial charge on any atom is 0.225 e. The molecule has 0 aliphatic heterocycles. The molecule has 0 saturated carbocycles. The SMILES string of the molecule is Cc1ccc(CC(CN)C(=O)NC(C)(C)C)cc1. The van der Waals surface area contributed by atoms with Crippen LogP contribution in [0, 0.1) is 12.8 Å². The minimum absolute atomic E-state index is 0.0329. The summed E-state index contributed by atoms with van der Waals surface area (Å²) in [5.74, 6) is -0.127. The van der Waals surface area contributed by atoms with E-state index in [1.54, 1.807) is 0 Å². The second-order valence-corrected chi connectivity index (χ2v) is 5.86. The molecule has 3 nitrogen and oxygen atoms in total. The van der Waals surface area contributed by atoms with Crippen molar-refractivity contribution in [3.8, 4) is 0 Å². The molecule has 100 valence electrons. The molecule has 0 bridgehead atoms. The van der Waals surface area contributed by atoms with Crippen LogP contribution in [0.2, 0.25) is 0 Å². The van der Waals surface area contributed by atoms with Gasteiger partial charge in [0.15, 0.2) is 0 Å². The minimum Gasteiger partial charge on any atom is -0.351 e. The molecular formula is C15H24N2O. The number of nitrogens with two attached hydrogens (primary N) is 1. The number of carbonyl (C=O) groups excluding carboxylic acids is 1. The molecule has 3 N–H and O–H groups in total. The normalized spacial score (nSPS) is 13.2. The number of nitrogens with one attached hydrogen (secondary N) is 1. The standard InChI is InChI=1S/C15H24N2O/c1-11-5-7-12(8-6-11)9-13(10-16)14(18)17-15(2,3)4/h5-8,13H,9-10,16H2,1-4H3,(H,17,18). The zero-order valence-corrected chi connectivity index (χ0v) is 11.8. The van der Waals surface area contributed by atoms with E-state index in [2.05, 4.69) is 36.5 Å². The monoisotopic (exact) mass is 248 g/mol. The minimum atomic E-state index is -0.211. The molecule has 1 unspecified atom stereocenters. The van der Waals surface area contributed by atoms with Crippen molar-refractivity contribution in [2.75, 3.05) is 6.54 Å². The number of hydrogen-bond acceptors (Lipinski definition) is 2. The Kier molecular flexibility index (Phi) is 4.91. The molecule has 0 aromatic heterocycles. The zero-order valence-electron chi connectivity index (χ0n) is 11.8. The Morgan fingerprint density at radius 1 is 1.28 bits per heavy atom. The summed E-state index contributed by atoms with van der Waals surface area (Å²) >= 11 is 0. The summed E-state index contributed by atoms with van der Waals surface area (Å²) in [6, 6.07) is 8.24. The number of hydrogen-bond donors (Lipinski definition) is 2. The largest absolute Gasteiger partial charge is 0.351 e. The molecule has 1 rings (SSSR count). The van der Waals surface area contributed by atoms with Gasteiger partial charge in [-0.3, -0.25) is 4.79 Å². The summed E-state index contributed by atoms with van der Waals surface area (Å²) < 4.78 is 0. The fraction of sp³-hybridized carbons (Fsp3) is 0.533. The van der Waals surface area contributed by atoms with Crippen molar-refractivity contribution < 1.29 is 4.79 Å². The average Bonchev–Trinajstić information content (AvgIpc) is 2.25. The van der Waals surface area contributed by atoms with Crippen LogP contribution in [0.4, 0.5) is 0 Å². The van der Waals surface area contributed by atoms with Crippen molar-refractivity contribution in [3.63, 3.8) is 0 Å². The summed E-state index contributed by atoms with van der Waals surface area (Å²) in [6.45, 7) is 8.35. The third-order valence-corrected chi connectivity index (χ3v) is 2.76. The maximum atomic E-state index is 12.1. The lowest BCUT2D eigenvalue weighted by atomic mass is 9.96. The van der Waals surface area contributed by atoms with E-state index < -0.39 is 0 Å². The first-order chi connectivity index (χ1) is 8.31. The van der Waals surface area contributed by atoms with E-state index in [1.165, 1.54) is 5.56 Å². The highest BCUT2D eigenvalue weighted by Gasteiger charge is 2.21. The van der Waals surface area contributed by atoms with Crippen LogP contribution in [0.5, 0.6) is 0 Å². The third kappa shape index (κ3) is 4.88. The van der Waals surface area contributed by atoms with Crippen LogP contribution in [0.1, 0.15) is 31.9 Å². The molecule has 1 aromatic rings. The van der Waals surface area contributed by atoms with Gasteiger partial charge in [0.05, 0.1) is 5.92 Å². The van der Waals surface area contributed by atoms with Crippen LogP contribution in [0.25, 0.3) is 0 Å². The van der Waals surface area contributed by atoms with Gasteiger partial charge in [-0.2, -0.15) is 0 Å². The molecule has 0 fully saturated rings. The summed E-state index contributed by atoms with van der Waals surface area (Å²) in [4.78, 5) is 12.1. The molecule has 1 aromatic carbocycles. The molecule has 0 heterocycles. The predicted molar refractivity (Wildman–Crippen MR) is 75.3 cm³/mol. The lowest BCUT2D eigenvalue weighted by Crippen LogP contribution is -2.46. The molecule has 1 amide bonds. The Labute approximate surface area is 110 Å². The maximum absolute atomic E-state index is 12.1. The van der Waals surface area contributed by atoms with Gasteiger partial charge in [0.1, 0.15) is 0 Å². The van der Waals surface area contributed by atoms with Crippen LogP contribution in [0.15, 0.2) is 24.3 Å². The first-order valence-corrected chi connectivity index (χ1v) is 6.39. The highest BCUT2D eigenvalue weighted by Crippen LogP contribution is 2.11. The summed E-state index contributed by atoms with van der Waals surface area (Å²) in [5, 5.41) is 2.98. The van der Waals surface area contributed by atoms with E-state index in [0.717, 1.165) is 5.56 Å². The van der Waals surface area contributed by atoms with E-state index in [-0.39, 0.29) is 17.4 Å². The molecule has 0 radical (unpaired) electrons. The highest BCUT2D eigenvalue weighted by molar-refractivity contribution is 5.79. The van der Waals surface area contributed by atoms with E-state index in [0.29, 0.717) is 13.0 Å². The molecule has 18 heavy (non-hydrogen) atoms. The first kappa shape index (κ1) is 14.7. The predicted octanol–water partition coefficient (Wildman–Crippen LogP) is 2.03. The van der Waals surface area contributed by atoms with Crippen LogP contribution in [0.3, 0.4) is 0 Å². The molecule has 1 atom stereocenters. The zero-order chi connectivity index (χ0) is 13.8. The quantitative estimate of drug-likeness (QED) is 0.856. The summed E-state index contributed by atoms with van der Waals surface area (Å²) in [5.41, 5.74) is 7.88. The molecule has 0 aliphatic rings. The average molecular weight is 248 g/mol. The number of amides is 1. The highest BCUT2D eigenvalue weighted by atomic mass is 16.2. The van der Waals surface area contributed by atoms with Crippen LogP contribution in [-0.4, -0.2) is 18.0 Å². The van der Waals surface area contributed by atoms with E-state index in [9.17, 15) is 4.79 Å². The van der Waals surface area contributed by atoms with Gasteiger partial charge in [-0.15, -0.1) is 0 Å². The number of aryl methyl sites for hydroxylation is 1. The second kappa shape index (κ2) is 6.01. The van der Waals surface area contributed by atoms with Crippen molar-refractivity contribution in [3.05, 3.63) is 35.4 Å². The van der Waals surface area contributed by atoms with Crippen molar-refractivity contribution in [2.24, 2.45) is 11.7 Å². The van der Waals surface area contributed by atoms with Gasteiger partial charge >= 0.3 is 0 Å². The van der Waals surface area contributed by atoms with Gasteiger partial charge < -0.3 is 11.1 Å². The van der Waals surface area contributed by atoms with Gasteiger partial charge in [-0.05, 0) is 39.7 Å². The Hall–Kier alpha value is -1.35. The van der Waals surface area contributed by atoms with Crippen molar-refractivity contribution in [1.29, 1.82) is 0 Å². The molecular weight excluding hydrogens is 224 g/mol. The number of rotatable bonds is 4. The van der Waals surface area contributed by atoms with Gasteiger partial charge in [-0.25, -0.2) is 0 Å². The Balaban J connectivity index is 2.67. The van der Waals surface area contributed by atoms with Gasteiger partial charge in [0, 0.05) is 12.1 Å². The number of benzene rings is 1. The van der Waals surface area contributed by atoms with Gasteiger partial charge in [-0.1, -0.05) is 29.8 Å². The Morgan fingerprint density at radius 2 is 1.83 bits per heavy atom. The first-order valence-electron chi connectivity index (χ1n) is 6.39. The Morgan fingerprint density at radius 3 is 2.28 bits per heavy atom. The third-order valence-electron chi connectivity index (χ3n) is 2.76. The van der Waals surface area contributed by atoms with Crippen LogP contribution in [-0.2, 0) is 11.2 Å². The molecule has 0 aliphatic carbocycles. The van der Waals surface area contributed by atoms with Crippen molar-refractivity contribution >= 4 is 5.91 Å². The fourth-order valence-electron chi connectivity index (χ4n) is 1.76. The lowest BCUT2D eigenvalue weighted by molar-refractivity contribution is -0.126. The summed E-state index contributed by atoms with van der Waals surface area (Å²) in [6.07, 6.45) is 0.693. The Bertz CT molecular complexity index is 390. The second-order valence-electron chi connectivity index (χ2n) is 5.86. The van der Waals surface area contributed by atoms with E-state index in [1.807, 2.05) is 20.8 Å². The van der Waals surface area contributed by atoms with Crippen molar-refractivity contribution in [1.82, 2.24) is 5.32 Å². The summed E-state index contributed by atoms with van der Waals surface area (Å²) in [7, 11) is 0. The smallest absolute Gasteiger partial charge is 0.225 e. The van der Waals surface area contributed by atoms with Gasteiger partial charge in [0.25, 0.3) is 0 Å². The number of carbonyl (C=O) groups is 1. The topological polar surface area (TPSA) is 55.1 Å². The molecule has 0 saturated heterocycles. The lowest BCUT2D eigenvalue weighted by Gasteiger charge is -2.24. The fourth-order valence-corrected chi connectivity index (χ4v) is 1.76. The molecule has 0 spiro atoms. The van der Waals surface area contributed by atoms with Gasteiger partial charge in [0.2, 0.25) is 5.91 Å².